The van der Waals surface area contributed by atoms with Crippen molar-refractivity contribution in [2.75, 3.05) is 18.2 Å². The highest BCUT2D eigenvalue weighted by Crippen LogP contribution is 2.27. The number of anilines is 1. The predicted molar refractivity (Wildman–Crippen MR) is 104 cm³/mol. The molecule has 0 radical (unpaired) electrons. The van der Waals surface area contributed by atoms with Crippen molar-refractivity contribution < 1.29 is 14.6 Å². The molecule has 0 aliphatic rings. The lowest BCUT2D eigenvalue weighted by Gasteiger charge is -2.21. The maximum Gasteiger partial charge on any atom is 0.237 e. The lowest BCUT2D eigenvalue weighted by Crippen LogP contribution is -2.30. The van der Waals surface area contributed by atoms with Crippen LogP contribution in [0.15, 0.2) is 54.6 Å². The third-order valence-corrected chi connectivity index (χ3v) is 5.47. The molecule has 2 aromatic carbocycles. The first-order valence-electron chi connectivity index (χ1n) is 8.30. The summed E-state index contributed by atoms with van der Waals surface area (Å²) in [6.07, 6.45) is -0.582. The molecule has 0 aliphatic carbocycles. The van der Waals surface area contributed by atoms with Crippen molar-refractivity contribution in [3.05, 3.63) is 60.2 Å². The summed E-state index contributed by atoms with van der Waals surface area (Å²) in [7, 11) is 1.61. The Morgan fingerprint density at radius 1 is 1.12 bits per heavy atom. The van der Waals surface area contributed by atoms with Crippen LogP contribution in [0, 0.1) is 5.92 Å². The number of carbonyl (C=O) groups is 1. The van der Waals surface area contributed by atoms with Gasteiger partial charge in [0, 0.05) is 11.4 Å². The summed E-state index contributed by atoms with van der Waals surface area (Å²) in [5.41, 5.74) is 1.61. The Balaban J connectivity index is 1.95. The van der Waals surface area contributed by atoms with Crippen molar-refractivity contribution in [3.63, 3.8) is 0 Å². The zero-order chi connectivity index (χ0) is 18.2. The molecule has 0 spiro atoms. The van der Waals surface area contributed by atoms with Crippen molar-refractivity contribution in [3.8, 4) is 5.75 Å². The molecular formula is C20H25NO3S. The molecule has 0 saturated heterocycles. The maximum atomic E-state index is 12.6. The molecule has 0 bridgehead atoms. The number of carbonyl (C=O) groups excluding carboxylic acids is 1. The van der Waals surface area contributed by atoms with E-state index in [9.17, 15) is 9.90 Å². The topological polar surface area (TPSA) is 58.6 Å². The molecule has 2 N–H and O–H groups in total. The number of hydrogen-bond donors (Lipinski definition) is 2. The number of hydrogen-bond acceptors (Lipinski definition) is 4. The van der Waals surface area contributed by atoms with Crippen LogP contribution in [0.1, 0.15) is 25.5 Å². The largest absolute Gasteiger partial charge is 0.497 e. The van der Waals surface area contributed by atoms with Crippen LogP contribution in [0.4, 0.5) is 5.69 Å². The minimum absolute atomic E-state index is 0.0505. The van der Waals surface area contributed by atoms with E-state index in [0.717, 1.165) is 17.0 Å². The Labute approximate surface area is 153 Å². The molecule has 5 heteroatoms. The van der Waals surface area contributed by atoms with Gasteiger partial charge in [0.2, 0.25) is 5.91 Å². The summed E-state index contributed by atoms with van der Waals surface area (Å²) in [6, 6.07) is 16.8. The molecule has 0 fully saturated rings. The standard InChI is InChI=1S/C20H25NO3S/c1-14(2)19(25-13-18(22)15-7-5-4-6-8-15)20(23)21-16-9-11-17(24-3)12-10-16/h4-12,14,18-19,22H,13H2,1-3H3,(H,21,23). The fraction of sp³-hybridized carbons (Fsp3) is 0.350. The van der Waals surface area contributed by atoms with Crippen LogP contribution in [0.5, 0.6) is 5.75 Å². The maximum absolute atomic E-state index is 12.6. The number of amides is 1. The fourth-order valence-corrected chi connectivity index (χ4v) is 3.60. The van der Waals surface area contributed by atoms with Gasteiger partial charge in [0.15, 0.2) is 0 Å². The van der Waals surface area contributed by atoms with Crippen LogP contribution in [-0.4, -0.2) is 29.1 Å². The SMILES string of the molecule is COc1ccc(NC(=O)C(SCC(O)c2ccccc2)C(C)C)cc1. The molecule has 2 rings (SSSR count). The van der Waals surface area contributed by atoms with E-state index in [0.29, 0.717) is 5.75 Å². The van der Waals surface area contributed by atoms with Crippen molar-refractivity contribution in [1.82, 2.24) is 0 Å². The van der Waals surface area contributed by atoms with Gasteiger partial charge in [-0.2, -0.15) is 0 Å². The number of nitrogens with one attached hydrogen (secondary N) is 1. The summed E-state index contributed by atoms with van der Waals surface area (Å²) >= 11 is 1.48. The molecule has 0 aliphatic heterocycles. The molecule has 2 unspecified atom stereocenters. The van der Waals surface area contributed by atoms with E-state index in [1.807, 2.05) is 68.4 Å². The summed E-state index contributed by atoms with van der Waals surface area (Å²) < 4.78 is 5.12. The number of aliphatic hydroxyl groups is 1. The summed E-state index contributed by atoms with van der Waals surface area (Å²) in [5.74, 6) is 1.33. The van der Waals surface area contributed by atoms with Crippen molar-refractivity contribution in [2.45, 2.75) is 25.2 Å². The van der Waals surface area contributed by atoms with Gasteiger partial charge in [-0.3, -0.25) is 4.79 Å². The zero-order valence-electron chi connectivity index (χ0n) is 14.8. The fourth-order valence-electron chi connectivity index (χ4n) is 2.42. The van der Waals surface area contributed by atoms with E-state index >= 15 is 0 Å². The summed E-state index contributed by atoms with van der Waals surface area (Å²) in [4.78, 5) is 12.6. The minimum Gasteiger partial charge on any atom is -0.497 e. The van der Waals surface area contributed by atoms with E-state index in [1.54, 1.807) is 7.11 Å². The van der Waals surface area contributed by atoms with Gasteiger partial charge in [-0.15, -0.1) is 11.8 Å². The number of methoxy groups -OCH3 is 1. The first-order valence-corrected chi connectivity index (χ1v) is 9.35. The highest BCUT2D eigenvalue weighted by molar-refractivity contribution is 8.00. The number of benzene rings is 2. The Bertz CT molecular complexity index is 658. The van der Waals surface area contributed by atoms with Gasteiger partial charge in [0.05, 0.1) is 18.5 Å². The molecule has 0 aromatic heterocycles. The number of thioether (sulfide) groups is 1. The average Bonchev–Trinajstić information content (AvgIpc) is 2.62. The van der Waals surface area contributed by atoms with Gasteiger partial charge in [0.25, 0.3) is 0 Å². The van der Waals surface area contributed by atoms with E-state index < -0.39 is 6.10 Å². The van der Waals surface area contributed by atoms with Crippen LogP contribution in [0.2, 0.25) is 0 Å². The first-order chi connectivity index (χ1) is 12.0. The Morgan fingerprint density at radius 3 is 2.32 bits per heavy atom. The van der Waals surface area contributed by atoms with Crippen LogP contribution < -0.4 is 10.1 Å². The predicted octanol–water partition coefficient (Wildman–Crippen LogP) is 4.13. The van der Waals surface area contributed by atoms with Gasteiger partial charge >= 0.3 is 0 Å². The number of aliphatic hydroxyl groups excluding tert-OH is 1. The molecule has 134 valence electrons. The second-order valence-electron chi connectivity index (χ2n) is 6.14. The summed E-state index contributed by atoms with van der Waals surface area (Å²) in [6.45, 7) is 4.03. The second-order valence-corrected chi connectivity index (χ2v) is 7.32. The molecular weight excluding hydrogens is 334 g/mol. The third kappa shape index (κ3) is 5.80. The number of rotatable bonds is 8. The quantitative estimate of drug-likeness (QED) is 0.744. The van der Waals surface area contributed by atoms with Gasteiger partial charge in [-0.25, -0.2) is 0 Å². The molecule has 0 heterocycles. The molecule has 2 aromatic rings. The van der Waals surface area contributed by atoms with E-state index in [-0.39, 0.29) is 17.1 Å². The highest BCUT2D eigenvalue weighted by Gasteiger charge is 2.24. The third-order valence-electron chi connectivity index (χ3n) is 3.84. The van der Waals surface area contributed by atoms with Crippen LogP contribution in [-0.2, 0) is 4.79 Å². The lowest BCUT2D eigenvalue weighted by molar-refractivity contribution is -0.116. The van der Waals surface area contributed by atoms with E-state index in [1.165, 1.54) is 11.8 Å². The molecule has 25 heavy (non-hydrogen) atoms. The highest BCUT2D eigenvalue weighted by atomic mass is 32.2. The van der Waals surface area contributed by atoms with Crippen LogP contribution in [0.25, 0.3) is 0 Å². The first kappa shape index (κ1) is 19.3. The second kappa shape index (κ2) is 9.49. The average molecular weight is 359 g/mol. The van der Waals surface area contributed by atoms with Crippen molar-refractivity contribution in [1.29, 1.82) is 0 Å². The Hall–Kier alpha value is -1.98. The minimum atomic E-state index is -0.582. The Morgan fingerprint density at radius 2 is 1.76 bits per heavy atom. The summed E-state index contributed by atoms with van der Waals surface area (Å²) in [5, 5.41) is 13.0. The van der Waals surface area contributed by atoms with Gasteiger partial charge in [0.1, 0.15) is 5.75 Å². The van der Waals surface area contributed by atoms with E-state index in [2.05, 4.69) is 5.32 Å². The molecule has 1 amide bonds. The van der Waals surface area contributed by atoms with E-state index in [4.69, 9.17) is 4.74 Å². The Kier molecular flexibility index (Phi) is 7.34. The molecule has 2 atom stereocenters. The van der Waals surface area contributed by atoms with Crippen LogP contribution in [0.3, 0.4) is 0 Å². The molecule has 0 saturated carbocycles. The lowest BCUT2D eigenvalue weighted by atomic mass is 10.1. The van der Waals surface area contributed by atoms with Gasteiger partial charge < -0.3 is 15.2 Å². The normalized spacial score (nSPS) is 13.3. The smallest absolute Gasteiger partial charge is 0.237 e. The van der Waals surface area contributed by atoms with Crippen LogP contribution >= 0.6 is 11.8 Å². The zero-order valence-corrected chi connectivity index (χ0v) is 15.6. The van der Waals surface area contributed by atoms with Crippen molar-refractivity contribution >= 4 is 23.4 Å². The van der Waals surface area contributed by atoms with Gasteiger partial charge in [-0.1, -0.05) is 44.2 Å². The van der Waals surface area contributed by atoms with Gasteiger partial charge in [-0.05, 0) is 35.7 Å². The monoisotopic (exact) mass is 359 g/mol. The van der Waals surface area contributed by atoms with Crippen molar-refractivity contribution in [2.24, 2.45) is 5.92 Å². The number of ether oxygens (including phenoxy) is 1. The molecule has 4 nitrogen and oxygen atoms in total.